The molecule has 0 spiro atoms. The van der Waals surface area contributed by atoms with E-state index in [-0.39, 0.29) is 17.9 Å². The van der Waals surface area contributed by atoms with Gasteiger partial charge in [0.2, 0.25) is 0 Å². The summed E-state index contributed by atoms with van der Waals surface area (Å²) in [5.74, 6) is -0.367. The zero-order valence-electron chi connectivity index (χ0n) is 21.0. The monoisotopic (exact) mass is 510 g/mol. The number of hydrogen-bond acceptors (Lipinski definition) is 5. The number of carbonyl (C=O) groups excluding carboxylic acids is 1. The summed E-state index contributed by atoms with van der Waals surface area (Å²) >= 11 is 0. The first-order valence-corrected chi connectivity index (χ1v) is 12.8. The second kappa shape index (κ2) is 8.03. The first kappa shape index (κ1) is 23.9. The van der Waals surface area contributed by atoms with Crippen LogP contribution in [0.3, 0.4) is 0 Å². The van der Waals surface area contributed by atoms with Crippen molar-refractivity contribution in [3.05, 3.63) is 64.3 Å². The van der Waals surface area contributed by atoms with Crippen LogP contribution >= 0.6 is 0 Å². The van der Waals surface area contributed by atoms with Crippen molar-refractivity contribution in [3.63, 3.8) is 0 Å². The fourth-order valence-corrected chi connectivity index (χ4v) is 6.54. The van der Waals surface area contributed by atoms with Crippen LogP contribution in [0.4, 0.5) is 13.2 Å². The minimum Gasteiger partial charge on any atom is -0.362 e. The average Bonchev–Trinajstić information content (AvgIpc) is 3.46. The summed E-state index contributed by atoms with van der Waals surface area (Å²) in [6.07, 6.45) is -0.109. The Morgan fingerprint density at radius 1 is 1.22 bits per heavy atom. The molecule has 2 unspecified atom stereocenters. The molecular formula is C27H29F3N6O. The van der Waals surface area contributed by atoms with Crippen LogP contribution in [0.15, 0.2) is 63.2 Å². The molecule has 0 aliphatic carbocycles. The molecule has 0 radical (unpaired) electrons. The summed E-state index contributed by atoms with van der Waals surface area (Å²) < 4.78 is 44.9. The number of hydrogen-bond donors (Lipinski definition) is 2. The number of alkyl halides is 3. The van der Waals surface area contributed by atoms with Gasteiger partial charge in [-0.1, -0.05) is 25.1 Å². The summed E-state index contributed by atoms with van der Waals surface area (Å²) in [5.41, 5.74) is 1.64. The molecule has 0 saturated heterocycles. The van der Waals surface area contributed by atoms with E-state index < -0.39 is 29.0 Å². The van der Waals surface area contributed by atoms with Crippen molar-refractivity contribution >= 4 is 5.91 Å². The Labute approximate surface area is 212 Å². The predicted molar refractivity (Wildman–Crippen MR) is 131 cm³/mol. The highest BCUT2D eigenvalue weighted by Gasteiger charge is 2.57. The van der Waals surface area contributed by atoms with Gasteiger partial charge in [-0.3, -0.25) is 9.48 Å². The van der Waals surface area contributed by atoms with Crippen LogP contribution in [0.1, 0.15) is 57.7 Å². The lowest BCUT2D eigenvalue weighted by Gasteiger charge is -2.48. The van der Waals surface area contributed by atoms with Crippen LogP contribution in [-0.4, -0.2) is 33.6 Å². The van der Waals surface area contributed by atoms with Gasteiger partial charge in [0, 0.05) is 41.0 Å². The van der Waals surface area contributed by atoms with Gasteiger partial charge in [-0.05, 0) is 56.7 Å². The highest BCUT2D eigenvalue weighted by Crippen LogP contribution is 2.55. The van der Waals surface area contributed by atoms with Crippen molar-refractivity contribution in [1.29, 1.82) is 0 Å². The number of fused-ring (bicyclic) bond motifs is 2. The third-order valence-corrected chi connectivity index (χ3v) is 8.05. The number of nitrogens with one attached hydrogen (secondary N) is 2. The predicted octanol–water partition coefficient (Wildman–Crippen LogP) is 5.30. The van der Waals surface area contributed by atoms with E-state index in [1.165, 1.54) is 0 Å². The summed E-state index contributed by atoms with van der Waals surface area (Å²) in [6, 6.07) is 7.56. The highest BCUT2D eigenvalue weighted by atomic mass is 19.4. The molecule has 1 amide bonds. The van der Waals surface area contributed by atoms with E-state index in [0.717, 1.165) is 42.6 Å². The molecule has 0 saturated carbocycles. The van der Waals surface area contributed by atoms with Crippen molar-refractivity contribution in [1.82, 2.24) is 20.4 Å². The van der Waals surface area contributed by atoms with E-state index in [1.54, 1.807) is 0 Å². The SMILES string of the molecule is CCC1(c2cccc(-c3cnn4c3CCCC4)c2)C2=C(CC(C)(C)NC2=O)NC2N=NC(C(F)(F)F)=C21. The number of aryl methyl sites for hydroxylation is 1. The topological polar surface area (TPSA) is 83.7 Å². The fraction of sp³-hybridized carbons (Fsp3) is 0.481. The summed E-state index contributed by atoms with van der Waals surface area (Å²) in [6.45, 7) is 6.49. The zero-order chi connectivity index (χ0) is 26.2. The van der Waals surface area contributed by atoms with Crippen molar-refractivity contribution in [3.8, 4) is 11.1 Å². The van der Waals surface area contributed by atoms with Crippen LogP contribution in [0.5, 0.6) is 0 Å². The first-order chi connectivity index (χ1) is 17.5. The molecule has 4 aliphatic heterocycles. The Bertz CT molecular complexity index is 1400. The normalized spacial score (nSPS) is 26.4. The van der Waals surface area contributed by atoms with Crippen molar-refractivity contribution in [2.24, 2.45) is 10.2 Å². The number of benzene rings is 1. The molecule has 0 bridgehead atoms. The van der Waals surface area contributed by atoms with Gasteiger partial charge in [0.05, 0.1) is 17.2 Å². The Hall–Kier alpha value is -3.43. The highest BCUT2D eigenvalue weighted by molar-refractivity contribution is 6.00. The first-order valence-electron chi connectivity index (χ1n) is 12.8. The van der Waals surface area contributed by atoms with Crippen LogP contribution in [0.25, 0.3) is 11.1 Å². The van der Waals surface area contributed by atoms with Gasteiger partial charge < -0.3 is 10.6 Å². The van der Waals surface area contributed by atoms with Crippen molar-refractivity contribution in [2.75, 3.05) is 0 Å². The Morgan fingerprint density at radius 3 is 2.78 bits per heavy atom. The number of allylic oxidation sites excluding steroid dienone is 1. The van der Waals surface area contributed by atoms with E-state index in [9.17, 15) is 18.0 Å². The van der Waals surface area contributed by atoms with Gasteiger partial charge in [-0.25, -0.2) is 0 Å². The van der Waals surface area contributed by atoms with Crippen LogP contribution in [0, 0.1) is 0 Å². The molecule has 1 aromatic heterocycles. The number of halogens is 3. The smallest absolute Gasteiger partial charge is 0.362 e. The summed E-state index contributed by atoms with van der Waals surface area (Å²) in [5, 5.41) is 18.3. The van der Waals surface area contributed by atoms with Gasteiger partial charge in [0.1, 0.15) is 0 Å². The molecule has 4 aliphatic rings. The van der Waals surface area contributed by atoms with Gasteiger partial charge in [-0.2, -0.15) is 23.4 Å². The largest absolute Gasteiger partial charge is 0.435 e. The lowest BCUT2D eigenvalue weighted by atomic mass is 9.61. The van der Waals surface area contributed by atoms with E-state index in [0.29, 0.717) is 23.3 Å². The average molecular weight is 511 g/mol. The standard InChI is InChI=1S/C27H29F3N6O/c1-4-26(16-9-7-8-15(12-16)17-14-31-36-11-6-5-10-19(17)36)20-18(13-25(2,3)33-24(20)37)32-23-21(26)22(34-35-23)27(28,29)30/h7-9,12,14,23,32H,4-6,10-11,13H2,1-3H3,(H,33,37). The molecule has 2 N–H and O–H groups in total. The van der Waals surface area contributed by atoms with Crippen LogP contribution in [-0.2, 0) is 23.2 Å². The summed E-state index contributed by atoms with van der Waals surface area (Å²) in [7, 11) is 0. The van der Waals surface area contributed by atoms with Gasteiger partial charge in [0.15, 0.2) is 11.9 Å². The molecule has 10 heteroatoms. The zero-order valence-corrected chi connectivity index (χ0v) is 21.0. The molecule has 194 valence electrons. The molecule has 2 aromatic rings. The van der Waals surface area contributed by atoms with Crippen molar-refractivity contribution in [2.45, 2.75) is 82.7 Å². The molecule has 5 heterocycles. The minimum atomic E-state index is -4.71. The van der Waals surface area contributed by atoms with Crippen molar-refractivity contribution < 1.29 is 18.0 Å². The number of amides is 1. The minimum absolute atomic E-state index is 0.00899. The third kappa shape index (κ3) is 3.55. The second-order valence-corrected chi connectivity index (χ2v) is 10.9. The Morgan fingerprint density at radius 2 is 2.03 bits per heavy atom. The number of azo groups is 1. The molecule has 0 fully saturated rings. The maximum absolute atomic E-state index is 14.3. The summed E-state index contributed by atoms with van der Waals surface area (Å²) in [4.78, 5) is 13.7. The van der Waals surface area contributed by atoms with Crippen LogP contribution < -0.4 is 10.6 Å². The van der Waals surface area contributed by atoms with E-state index in [4.69, 9.17) is 0 Å². The number of nitrogens with zero attached hydrogens (tertiary/aromatic N) is 4. The maximum atomic E-state index is 14.3. The lowest BCUT2D eigenvalue weighted by molar-refractivity contribution is -0.120. The second-order valence-electron chi connectivity index (χ2n) is 10.9. The van der Waals surface area contributed by atoms with Gasteiger partial charge >= 0.3 is 6.18 Å². The number of rotatable bonds is 3. The van der Waals surface area contributed by atoms with Gasteiger partial charge in [0.25, 0.3) is 5.91 Å². The van der Waals surface area contributed by atoms with E-state index >= 15 is 0 Å². The van der Waals surface area contributed by atoms with E-state index in [2.05, 4.69) is 26.0 Å². The van der Waals surface area contributed by atoms with Crippen LogP contribution in [0.2, 0.25) is 0 Å². The third-order valence-electron chi connectivity index (χ3n) is 8.05. The molecule has 37 heavy (non-hydrogen) atoms. The van der Waals surface area contributed by atoms with Gasteiger partial charge in [-0.15, -0.1) is 5.11 Å². The number of carbonyl (C=O) groups is 1. The fourth-order valence-electron chi connectivity index (χ4n) is 6.54. The molecule has 2 atom stereocenters. The Kier molecular flexibility index (Phi) is 5.20. The molecular weight excluding hydrogens is 481 g/mol. The van der Waals surface area contributed by atoms with E-state index in [1.807, 2.05) is 55.9 Å². The molecule has 6 rings (SSSR count). The quantitative estimate of drug-likeness (QED) is 0.588. The number of aromatic nitrogens is 2. The lowest BCUT2D eigenvalue weighted by Crippen LogP contribution is -2.58. The maximum Gasteiger partial charge on any atom is 0.435 e. The molecule has 7 nitrogen and oxygen atoms in total. The Balaban J connectivity index is 1.61. The molecule has 1 aromatic carbocycles.